The molecule has 4 rings (SSSR count). The number of aromatic nitrogens is 2. The molecule has 0 radical (unpaired) electrons. The summed E-state index contributed by atoms with van der Waals surface area (Å²) in [5.74, 6) is -0.360. The van der Waals surface area contributed by atoms with Crippen molar-refractivity contribution in [3.63, 3.8) is 0 Å². The maximum absolute atomic E-state index is 12.4. The minimum Gasteiger partial charge on any atom is -0.365 e. The third-order valence-electron chi connectivity index (χ3n) is 4.73. The standard InChI is InChI=1S/C19H19N5O3S/c25-19(6-8-22-12-18(20-13-22)24(26)27)21-15-3-1-2-4-16(15)23-9-5-17-14(11-23)7-10-28-17/h1-4,7,10,12-13H,5-6,8-9,11H2,(H,21,25). The second-order valence-corrected chi connectivity index (χ2v) is 7.58. The van der Waals surface area contributed by atoms with Crippen molar-refractivity contribution in [3.05, 3.63) is 68.8 Å². The van der Waals surface area contributed by atoms with Gasteiger partial charge in [0.05, 0.1) is 11.4 Å². The van der Waals surface area contributed by atoms with Gasteiger partial charge >= 0.3 is 5.82 Å². The topological polar surface area (TPSA) is 93.3 Å². The van der Waals surface area contributed by atoms with Crippen LogP contribution in [0.5, 0.6) is 0 Å². The second kappa shape index (κ2) is 7.81. The Morgan fingerprint density at radius 3 is 3.00 bits per heavy atom. The van der Waals surface area contributed by atoms with Crippen LogP contribution in [0, 0.1) is 10.1 Å². The normalized spacial score (nSPS) is 13.2. The largest absolute Gasteiger partial charge is 0.381 e. The Balaban J connectivity index is 1.41. The molecule has 0 saturated carbocycles. The van der Waals surface area contributed by atoms with E-state index in [0.29, 0.717) is 6.54 Å². The first kappa shape index (κ1) is 18.2. The smallest absolute Gasteiger partial charge is 0.365 e. The lowest BCUT2D eigenvalue weighted by Gasteiger charge is -2.30. The molecule has 28 heavy (non-hydrogen) atoms. The van der Waals surface area contributed by atoms with E-state index in [1.54, 1.807) is 15.9 Å². The molecule has 1 N–H and O–H groups in total. The summed E-state index contributed by atoms with van der Waals surface area (Å²) in [6, 6.07) is 9.96. The molecule has 2 aromatic heterocycles. The van der Waals surface area contributed by atoms with Crippen molar-refractivity contribution >= 4 is 34.4 Å². The molecule has 0 aliphatic carbocycles. The first-order chi connectivity index (χ1) is 13.6. The number of carbonyl (C=O) groups excluding carboxylic acids is 1. The van der Waals surface area contributed by atoms with Gasteiger partial charge in [0, 0.05) is 30.9 Å². The lowest BCUT2D eigenvalue weighted by Crippen LogP contribution is -2.30. The number of nitrogens with zero attached hydrogens (tertiary/aromatic N) is 4. The number of nitrogens with one attached hydrogen (secondary N) is 1. The minimum absolute atomic E-state index is 0.142. The molecule has 0 fully saturated rings. The number of amides is 1. The van der Waals surface area contributed by atoms with E-state index in [2.05, 4.69) is 26.6 Å². The van der Waals surface area contributed by atoms with Crippen molar-refractivity contribution in [1.82, 2.24) is 9.55 Å². The van der Waals surface area contributed by atoms with Gasteiger partial charge in [0.2, 0.25) is 12.2 Å². The van der Waals surface area contributed by atoms with Gasteiger partial charge in [-0.05, 0) is 45.5 Å². The Kier molecular flexibility index (Phi) is 5.07. The van der Waals surface area contributed by atoms with Crippen LogP contribution in [0.3, 0.4) is 0 Å². The first-order valence-electron chi connectivity index (χ1n) is 8.95. The van der Waals surface area contributed by atoms with Gasteiger partial charge in [-0.15, -0.1) is 11.3 Å². The molecule has 9 heteroatoms. The van der Waals surface area contributed by atoms with Gasteiger partial charge in [-0.2, -0.15) is 0 Å². The molecule has 8 nitrogen and oxygen atoms in total. The van der Waals surface area contributed by atoms with Crippen LogP contribution in [0.1, 0.15) is 16.9 Å². The molecule has 3 aromatic rings. The molecule has 3 heterocycles. The molecule has 0 spiro atoms. The summed E-state index contributed by atoms with van der Waals surface area (Å²) in [6.07, 6.45) is 3.91. The summed E-state index contributed by atoms with van der Waals surface area (Å²) in [7, 11) is 0. The van der Waals surface area contributed by atoms with E-state index in [1.165, 1.54) is 23.0 Å². The van der Waals surface area contributed by atoms with Crippen molar-refractivity contribution in [2.45, 2.75) is 25.9 Å². The number of para-hydroxylation sites is 2. The molecule has 144 valence electrons. The maximum atomic E-state index is 12.4. The van der Waals surface area contributed by atoms with E-state index in [0.717, 1.165) is 30.9 Å². The van der Waals surface area contributed by atoms with Gasteiger partial charge in [-0.3, -0.25) is 4.79 Å². The highest BCUT2D eigenvalue weighted by Gasteiger charge is 2.20. The predicted octanol–water partition coefficient (Wildman–Crippen LogP) is 3.44. The molecular formula is C19H19N5O3S. The molecule has 1 amide bonds. The number of hydrogen-bond donors (Lipinski definition) is 1. The van der Waals surface area contributed by atoms with E-state index in [9.17, 15) is 14.9 Å². The Labute approximate surface area is 165 Å². The summed E-state index contributed by atoms with van der Waals surface area (Å²) in [5.41, 5.74) is 3.13. The van der Waals surface area contributed by atoms with Crippen LogP contribution in [0.2, 0.25) is 0 Å². The summed E-state index contributed by atoms with van der Waals surface area (Å²) in [6.45, 7) is 2.08. The van der Waals surface area contributed by atoms with Crippen molar-refractivity contribution < 1.29 is 9.72 Å². The number of hydrogen-bond acceptors (Lipinski definition) is 6. The molecule has 1 aromatic carbocycles. The molecule has 0 bridgehead atoms. The van der Waals surface area contributed by atoms with Gasteiger partial charge in [0.25, 0.3) is 0 Å². The Bertz CT molecular complexity index is 1010. The van der Waals surface area contributed by atoms with Crippen molar-refractivity contribution in [1.29, 1.82) is 0 Å². The van der Waals surface area contributed by atoms with Crippen LogP contribution in [0.4, 0.5) is 17.2 Å². The molecule has 1 aliphatic rings. The summed E-state index contributed by atoms with van der Waals surface area (Å²) < 4.78 is 1.55. The van der Waals surface area contributed by atoms with Crippen LogP contribution >= 0.6 is 11.3 Å². The molecule has 1 aliphatic heterocycles. The van der Waals surface area contributed by atoms with Gasteiger partial charge in [0.15, 0.2) is 0 Å². The van der Waals surface area contributed by atoms with Crippen LogP contribution < -0.4 is 10.2 Å². The monoisotopic (exact) mass is 397 g/mol. The quantitative estimate of drug-likeness (QED) is 0.508. The number of rotatable bonds is 6. The van der Waals surface area contributed by atoms with Crippen LogP contribution in [0.25, 0.3) is 0 Å². The minimum atomic E-state index is -0.551. The van der Waals surface area contributed by atoms with Crippen molar-refractivity contribution in [3.8, 4) is 0 Å². The number of aryl methyl sites for hydroxylation is 1. The number of nitro groups is 1. The average Bonchev–Trinajstić information content (AvgIpc) is 3.35. The number of anilines is 2. The average molecular weight is 397 g/mol. The molecular weight excluding hydrogens is 378 g/mol. The molecule has 0 atom stereocenters. The summed E-state index contributed by atoms with van der Waals surface area (Å²) in [4.78, 5) is 30.0. The number of thiophene rings is 1. The van der Waals surface area contributed by atoms with Gasteiger partial charge in [-0.1, -0.05) is 12.1 Å². The number of imidazole rings is 1. The Morgan fingerprint density at radius 2 is 2.18 bits per heavy atom. The third kappa shape index (κ3) is 3.89. The van der Waals surface area contributed by atoms with Crippen molar-refractivity contribution in [2.75, 3.05) is 16.8 Å². The van der Waals surface area contributed by atoms with E-state index >= 15 is 0 Å². The number of carbonyl (C=O) groups is 1. The Hall–Kier alpha value is -3.20. The van der Waals surface area contributed by atoms with Crippen LogP contribution in [0.15, 0.2) is 48.2 Å². The van der Waals surface area contributed by atoms with Gasteiger partial charge < -0.3 is 24.9 Å². The van der Waals surface area contributed by atoms with Crippen molar-refractivity contribution in [2.24, 2.45) is 0 Å². The highest BCUT2D eigenvalue weighted by molar-refractivity contribution is 7.10. The van der Waals surface area contributed by atoms with Gasteiger partial charge in [0.1, 0.15) is 6.20 Å². The zero-order valence-corrected chi connectivity index (χ0v) is 15.9. The molecule has 0 unspecified atom stereocenters. The SMILES string of the molecule is O=C(CCn1cnc([N+](=O)[O-])c1)Nc1ccccc1N1CCc2sccc2C1. The van der Waals surface area contributed by atoms with Crippen LogP contribution in [-0.4, -0.2) is 26.9 Å². The number of fused-ring (bicyclic) bond motifs is 1. The zero-order valence-electron chi connectivity index (χ0n) is 15.1. The second-order valence-electron chi connectivity index (χ2n) is 6.58. The Morgan fingerprint density at radius 1 is 1.32 bits per heavy atom. The zero-order chi connectivity index (χ0) is 19.5. The highest BCUT2D eigenvalue weighted by atomic mass is 32.1. The maximum Gasteiger partial charge on any atom is 0.381 e. The van der Waals surface area contributed by atoms with Crippen LogP contribution in [-0.2, 0) is 24.3 Å². The van der Waals surface area contributed by atoms with Gasteiger partial charge in [-0.25, -0.2) is 0 Å². The van der Waals surface area contributed by atoms with E-state index < -0.39 is 4.92 Å². The first-order valence-corrected chi connectivity index (χ1v) is 9.83. The lowest BCUT2D eigenvalue weighted by molar-refractivity contribution is -0.389. The highest BCUT2D eigenvalue weighted by Crippen LogP contribution is 2.32. The summed E-state index contributed by atoms with van der Waals surface area (Å²) in [5, 5.41) is 15.8. The molecule has 0 saturated heterocycles. The van der Waals surface area contributed by atoms with E-state index in [-0.39, 0.29) is 18.1 Å². The fourth-order valence-electron chi connectivity index (χ4n) is 3.32. The van der Waals surface area contributed by atoms with E-state index in [4.69, 9.17) is 0 Å². The number of benzene rings is 1. The fraction of sp³-hybridized carbons (Fsp3) is 0.263. The fourth-order valence-corrected chi connectivity index (χ4v) is 4.21. The third-order valence-corrected chi connectivity index (χ3v) is 5.75. The van der Waals surface area contributed by atoms with E-state index in [1.807, 2.05) is 24.3 Å². The lowest BCUT2D eigenvalue weighted by atomic mass is 10.1. The predicted molar refractivity (Wildman–Crippen MR) is 108 cm³/mol. The summed E-state index contributed by atoms with van der Waals surface area (Å²) >= 11 is 1.80.